The van der Waals surface area contributed by atoms with Crippen molar-refractivity contribution in [1.29, 1.82) is 0 Å². The molecule has 0 saturated heterocycles. The van der Waals surface area contributed by atoms with Crippen molar-refractivity contribution in [3.8, 4) is 16.8 Å². The van der Waals surface area contributed by atoms with Crippen molar-refractivity contribution in [1.82, 2.24) is 15.2 Å². The summed E-state index contributed by atoms with van der Waals surface area (Å²) in [5.74, 6) is 0. The molecule has 0 fully saturated rings. The van der Waals surface area contributed by atoms with Crippen molar-refractivity contribution in [3.05, 3.63) is 217 Å². The Morgan fingerprint density at radius 2 is 1.07 bits per heavy atom. The molecule has 0 saturated carbocycles. The fourth-order valence-electron chi connectivity index (χ4n) is 8.87. The molecule has 260 valence electrons. The lowest BCUT2D eigenvalue weighted by molar-refractivity contribution is 0.442. The Hall–Kier alpha value is -6.94. The standard InChI is InChI=1S/C52H37N3/c1-3-14-34(15-4-1)35-26-28-38(29-27-35)52-53-46(37-17-5-2-6-18-37)33-47(54-52)39-19-13-20-40(32-39)55-48-25-12-11-24-45(48)50-49-41-21-8-7-16-36(41)30-31-43(49)42-22-9-10-23-44(42)51(50)55/h1-33,47,52-54H. The lowest BCUT2D eigenvalue weighted by Gasteiger charge is -2.33. The van der Waals surface area contributed by atoms with E-state index >= 15 is 0 Å². The molecular weight excluding hydrogens is 667 g/mol. The normalized spacial score (nSPS) is 15.8. The van der Waals surface area contributed by atoms with Gasteiger partial charge in [0.1, 0.15) is 6.17 Å². The van der Waals surface area contributed by atoms with Crippen LogP contribution >= 0.6 is 0 Å². The predicted octanol–water partition coefficient (Wildman–Crippen LogP) is 12.9. The number of nitrogens with one attached hydrogen (secondary N) is 2. The maximum absolute atomic E-state index is 3.97. The molecule has 3 nitrogen and oxygen atoms in total. The number of benzene rings is 9. The molecule has 2 unspecified atom stereocenters. The Morgan fingerprint density at radius 1 is 0.418 bits per heavy atom. The highest BCUT2D eigenvalue weighted by Gasteiger charge is 2.26. The second-order valence-electron chi connectivity index (χ2n) is 14.6. The largest absolute Gasteiger partial charge is 0.366 e. The zero-order chi connectivity index (χ0) is 36.3. The number of rotatable bonds is 5. The van der Waals surface area contributed by atoms with Crippen LogP contribution in [-0.2, 0) is 0 Å². The first kappa shape index (κ1) is 31.6. The van der Waals surface area contributed by atoms with E-state index in [1.807, 2.05) is 0 Å². The van der Waals surface area contributed by atoms with Crippen LogP contribution in [0.1, 0.15) is 28.9 Å². The lowest BCUT2D eigenvalue weighted by atomic mass is 9.93. The molecule has 9 aromatic carbocycles. The van der Waals surface area contributed by atoms with Gasteiger partial charge < -0.3 is 9.88 Å². The summed E-state index contributed by atoms with van der Waals surface area (Å²) in [5, 5.41) is 18.0. The summed E-state index contributed by atoms with van der Waals surface area (Å²) in [7, 11) is 0. The highest BCUT2D eigenvalue weighted by molar-refractivity contribution is 6.36. The van der Waals surface area contributed by atoms with Crippen LogP contribution in [0.15, 0.2) is 200 Å². The summed E-state index contributed by atoms with van der Waals surface area (Å²) in [5.41, 5.74) is 10.7. The Labute approximate surface area is 319 Å². The Morgan fingerprint density at radius 3 is 1.87 bits per heavy atom. The van der Waals surface area contributed by atoms with Crippen LogP contribution in [0.2, 0.25) is 0 Å². The molecule has 1 aromatic heterocycles. The summed E-state index contributed by atoms with van der Waals surface area (Å²) in [6.45, 7) is 0. The van der Waals surface area contributed by atoms with Gasteiger partial charge >= 0.3 is 0 Å². The number of para-hydroxylation sites is 1. The third-order valence-corrected chi connectivity index (χ3v) is 11.4. The minimum Gasteiger partial charge on any atom is -0.366 e. The second-order valence-corrected chi connectivity index (χ2v) is 14.6. The van der Waals surface area contributed by atoms with Crippen molar-refractivity contribution < 1.29 is 0 Å². The summed E-state index contributed by atoms with van der Waals surface area (Å²) in [6, 6.07) is 70.5. The SMILES string of the molecule is C1=C(c2ccccc2)NC(c2ccc(-c3ccccc3)cc2)NC1c1cccc(-n2c3ccccc3c3c4c5ccccc5ccc4c4ccccc4c32)c1. The van der Waals surface area contributed by atoms with E-state index in [-0.39, 0.29) is 12.2 Å². The predicted molar refractivity (Wildman–Crippen MR) is 231 cm³/mol. The first-order valence-corrected chi connectivity index (χ1v) is 19.1. The molecule has 0 aliphatic carbocycles. The molecule has 1 aliphatic heterocycles. The van der Waals surface area contributed by atoms with Gasteiger partial charge in [0.15, 0.2) is 0 Å². The van der Waals surface area contributed by atoms with Crippen LogP contribution in [0.4, 0.5) is 0 Å². The van der Waals surface area contributed by atoms with Gasteiger partial charge in [0.05, 0.1) is 17.1 Å². The molecule has 11 rings (SSSR count). The monoisotopic (exact) mass is 703 g/mol. The van der Waals surface area contributed by atoms with Crippen molar-refractivity contribution in [2.45, 2.75) is 12.2 Å². The fourth-order valence-corrected chi connectivity index (χ4v) is 8.87. The number of aromatic nitrogens is 1. The first-order valence-electron chi connectivity index (χ1n) is 19.1. The molecule has 2 N–H and O–H groups in total. The third-order valence-electron chi connectivity index (χ3n) is 11.4. The summed E-state index contributed by atoms with van der Waals surface area (Å²) >= 11 is 0. The minimum atomic E-state index is -0.0875. The molecule has 0 amide bonds. The van der Waals surface area contributed by atoms with E-state index in [2.05, 4.69) is 215 Å². The third kappa shape index (κ3) is 5.24. The molecule has 2 heterocycles. The lowest BCUT2D eigenvalue weighted by Crippen LogP contribution is -2.39. The zero-order valence-corrected chi connectivity index (χ0v) is 30.2. The summed E-state index contributed by atoms with van der Waals surface area (Å²) in [4.78, 5) is 0. The van der Waals surface area contributed by atoms with Gasteiger partial charge in [-0.3, -0.25) is 5.32 Å². The molecular formula is C52H37N3. The quantitative estimate of drug-likeness (QED) is 0.175. The molecule has 55 heavy (non-hydrogen) atoms. The topological polar surface area (TPSA) is 29.0 Å². The van der Waals surface area contributed by atoms with Crippen molar-refractivity contribution in [2.75, 3.05) is 0 Å². The van der Waals surface area contributed by atoms with E-state index in [4.69, 9.17) is 0 Å². The smallest absolute Gasteiger partial charge is 0.104 e. The van der Waals surface area contributed by atoms with Crippen LogP contribution < -0.4 is 10.6 Å². The van der Waals surface area contributed by atoms with Gasteiger partial charge in [-0.2, -0.15) is 0 Å². The minimum absolute atomic E-state index is 0.0372. The molecule has 10 aromatic rings. The van der Waals surface area contributed by atoms with Crippen molar-refractivity contribution in [2.24, 2.45) is 0 Å². The average Bonchev–Trinajstić information content (AvgIpc) is 3.62. The van der Waals surface area contributed by atoms with Crippen LogP contribution in [0.3, 0.4) is 0 Å². The molecule has 0 bridgehead atoms. The molecule has 0 spiro atoms. The van der Waals surface area contributed by atoms with Gasteiger partial charge in [0, 0.05) is 32.9 Å². The van der Waals surface area contributed by atoms with E-state index in [1.165, 1.54) is 81.9 Å². The molecule has 0 radical (unpaired) electrons. The Bertz CT molecular complexity index is 3090. The highest BCUT2D eigenvalue weighted by atomic mass is 15.2. The van der Waals surface area contributed by atoms with E-state index in [0.717, 1.165) is 11.4 Å². The van der Waals surface area contributed by atoms with Gasteiger partial charge in [0.2, 0.25) is 0 Å². The number of hydrogen-bond donors (Lipinski definition) is 2. The maximum atomic E-state index is 3.97. The first-order chi connectivity index (χ1) is 27.3. The average molecular weight is 704 g/mol. The zero-order valence-electron chi connectivity index (χ0n) is 30.2. The summed E-state index contributed by atoms with van der Waals surface area (Å²) in [6.07, 6.45) is 2.25. The Balaban J connectivity index is 1.09. The second kappa shape index (κ2) is 12.9. The van der Waals surface area contributed by atoms with E-state index in [0.29, 0.717) is 0 Å². The van der Waals surface area contributed by atoms with Gasteiger partial charge in [-0.15, -0.1) is 0 Å². The maximum Gasteiger partial charge on any atom is 0.104 e. The fraction of sp³-hybridized carbons (Fsp3) is 0.0385. The van der Waals surface area contributed by atoms with Crippen molar-refractivity contribution >= 4 is 59.8 Å². The van der Waals surface area contributed by atoms with E-state index in [1.54, 1.807) is 0 Å². The highest BCUT2D eigenvalue weighted by Crippen LogP contribution is 2.45. The Kier molecular flexibility index (Phi) is 7.39. The van der Waals surface area contributed by atoms with E-state index in [9.17, 15) is 0 Å². The number of fused-ring (bicyclic) bond motifs is 10. The molecule has 2 atom stereocenters. The van der Waals surface area contributed by atoms with Crippen LogP contribution in [0, 0.1) is 0 Å². The van der Waals surface area contributed by atoms with Gasteiger partial charge in [-0.25, -0.2) is 0 Å². The van der Waals surface area contributed by atoms with Crippen LogP contribution in [0.25, 0.3) is 76.6 Å². The van der Waals surface area contributed by atoms with Crippen molar-refractivity contribution in [3.63, 3.8) is 0 Å². The van der Waals surface area contributed by atoms with Gasteiger partial charge in [-0.1, -0.05) is 176 Å². The van der Waals surface area contributed by atoms with Crippen LogP contribution in [-0.4, -0.2) is 4.57 Å². The van der Waals surface area contributed by atoms with Gasteiger partial charge in [0.25, 0.3) is 0 Å². The number of nitrogens with zero attached hydrogens (tertiary/aromatic N) is 1. The van der Waals surface area contributed by atoms with Gasteiger partial charge in [-0.05, 0) is 73.6 Å². The molecule has 3 heteroatoms. The van der Waals surface area contributed by atoms with Crippen LogP contribution in [0.5, 0.6) is 0 Å². The summed E-state index contributed by atoms with van der Waals surface area (Å²) < 4.78 is 2.50. The number of hydrogen-bond acceptors (Lipinski definition) is 2. The molecule has 1 aliphatic rings. The van der Waals surface area contributed by atoms with E-state index < -0.39 is 0 Å².